The lowest BCUT2D eigenvalue weighted by molar-refractivity contribution is 0.0999. The van der Waals surface area contributed by atoms with Gasteiger partial charge in [-0.3, -0.25) is 9.78 Å². The molecular weight excluding hydrogens is 359 g/mol. The van der Waals surface area contributed by atoms with Crippen molar-refractivity contribution in [1.82, 2.24) is 4.98 Å². The molecule has 1 aromatic heterocycles. The zero-order chi connectivity index (χ0) is 14.0. The summed E-state index contributed by atoms with van der Waals surface area (Å²) in [6, 6.07) is 6.44. The van der Waals surface area contributed by atoms with Gasteiger partial charge in [-0.1, -0.05) is 0 Å². The van der Waals surface area contributed by atoms with Gasteiger partial charge in [-0.25, -0.2) is 0 Å². The average Bonchev–Trinajstić information content (AvgIpc) is 2.39. The minimum absolute atomic E-state index is 0.0337. The lowest BCUT2D eigenvalue weighted by Crippen LogP contribution is -2.13. The second-order valence-electron chi connectivity index (χ2n) is 3.77. The molecule has 0 fully saturated rings. The van der Waals surface area contributed by atoms with E-state index in [2.05, 4.69) is 4.98 Å². The van der Waals surface area contributed by atoms with E-state index in [-0.39, 0.29) is 5.75 Å². The number of hydrogen-bond donors (Lipinski definition) is 2. The normalized spacial score (nSPS) is 10.2. The van der Waals surface area contributed by atoms with E-state index < -0.39 is 5.91 Å². The Balaban J connectivity index is 2.59. The Kier molecular flexibility index (Phi) is 3.89. The van der Waals surface area contributed by atoms with Crippen LogP contribution in [0, 0.1) is 3.57 Å². The van der Waals surface area contributed by atoms with Crippen molar-refractivity contribution < 1.29 is 14.6 Å². The fourth-order valence-corrected chi connectivity index (χ4v) is 2.54. The standard InChI is InChI=1S/C13H11IN2O3/c1-19-7-2-3-8(10(17)6-7)12-11(14)9(13(15)18)4-5-16-12/h2-6,17H,1H3,(H2,15,18). The molecule has 0 unspecified atom stereocenters. The number of phenolic OH excluding ortho intramolecular Hbond substituents is 1. The molecule has 0 atom stereocenters. The molecular formula is C13H11IN2O3. The molecule has 1 heterocycles. The SMILES string of the molecule is COc1ccc(-c2nccc(C(N)=O)c2I)c(O)c1. The van der Waals surface area contributed by atoms with E-state index in [1.165, 1.54) is 19.4 Å². The van der Waals surface area contributed by atoms with Crippen molar-refractivity contribution in [1.29, 1.82) is 0 Å². The second kappa shape index (κ2) is 5.43. The molecule has 0 aliphatic heterocycles. The molecule has 0 radical (unpaired) electrons. The van der Waals surface area contributed by atoms with Gasteiger partial charge in [0, 0.05) is 17.8 Å². The first kappa shape index (κ1) is 13.6. The first-order chi connectivity index (χ1) is 9.04. The molecule has 0 spiro atoms. The maximum atomic E-state index is 11.3. The Labute approximate surface area is 123 Å². The van der Waals surface area contributed by atoms with Gasteiger partial charge in [0.15, 0.2) is 0 Å². The summed E-state index contributed by atoms with van der Waals surface area (Å²) in [5.74, 6) is 0.0507. The molecule has 3 N–H and O–H groups in total. The van der Waals surface area contributed by atoms with Gasteiger partial charge in [0.25, 0.3) is 0 Å². The van der Waals surface area contributed by atoms with Gasteiger partial charge in [0.1, 0.15) is 11.5 Å². The number of halogens is 1. The third kappa shape index (κ3) is 2.62. The Bertz CT molecular complexity index is 644. The fraction of sp³-hybridized carbons (Fsp3) is 0.0769. The minimum Gasteiger partial charge on any atom is -0.507 e. The smallest absolute Gasteiger partial charge is 0.249 e. The number of aromatic nitrogens is 1. The van der Waals surface area contributed by atoms with Crippen molar-refractivity contribution in [2.75, 3.05) is 7.11 Å². The Morgan fingerprint density at radius 3 is 2.74 bits per heavy atom. The summed E-state index contributed by atoms with van der Waals surface area (Å²) in [4.78, 5) is 15.5. The zero-order valence-electron chi connectivity index (χ0n) is 10.1. The predicted octanol–water partition coefficient (Wildman–Crippen LogP) is 2.17. The van der Waals surface area contributed by atoms with Crippen LogP contribution in [-0.2, 0) is 0 Å². The lowest BCUT2D eigenvalue weighted by Gasteiger charge is -2.09. The molecule has 2 aromatic rings. The van der Waals surface area contributed by atoms with Crippen LogP contribution in [-0.4, -0.2) is 23.1 Å². The quantitative estimate of drug-likeness (QED) is 0.811. The molecule has 0 saturated carbocycles. The molecule has 2 rings (SSSR count). The van der Waals surface area contributed by atoms with Crippen LogP contribution < -0.4 is 10.5 Å². The molecule has 19 heavy (non-hydrogen) atoms. The van der Waals surface area contributed by atoms with Gasteiger partial charge in [-0.05, 0) is 40.8 Å². The van der Waals surface area contributed by atoms with Crippen LogP contribution in [0.4, 0.5) is 0 Å². The van der Waals surface area contributed by atoms with Crippen LogP contribution in [0.2, 0.25) is 0 Å². The van der Waals surface area contributed by atoms with Crippen LogP contribution >= 0.6 is 22.6 Å². The molecule has 0 aliphatic carbocycles. The van der Waals surface area contributed by atoms with E-state index in [1.807, 2.05) is 22.6 Å². The Hall–Kier alpha value is -1.83. The molecule has 0 aliphatic rings. The van der Waals surface area contributed by atoms with Crippen molar-refractivity contribution in [3.63, 3.8) is 0 Å². The van der Waals surface area contributed by atoms with Crippen molar-refractivity contribution in [2.24, 2.45) is 5.73 Å². The van der Waals surface area contributed by atoms with E-state index in [0.717, 1.165) is 0 Å². The number of amides is 1. The third-order valence-electron chi connectivity index (χ3n) is 2.61. The number of carbonyl (C=O) groups excluding carboxylic acids is 1. The number of nitrogens with zero attached hydrogens (tertiary/aromatic N) is 1. The maximum absolute atomic E-state index is 11.3. The van der Waals surface area contributed by atoms with E-state index in [9.17, 15) is 9.90 Å². The number of hydrogen-bond acceptors (Lipinski definition) is 4. The van der Waals surface area contributed by atoms with Crippen molar-refractivity contribution in [3.8, 4) is 22.8 Å². The van der Waals surface area contributed by atoms with E-state index >= 15 is 0 Å². The number of pyridine rings is 1. The molecule has 6 heteroatoms. The number of primary amides is 1. The highest BCUT2D eigenvalue weighted by atomic mass is 127. The third-order valence-corrected chi connectivity index (χ3v) is 3.71. The summed E-state index contributed by atoms with van der Waals surface area (Å²) < 4.78 is 5.63. The van der Waals surface area contributed by atoms with Gasteiger partial charge in [-0.15, -0.1) is 0 Å². The van der Waals surface area contributed by atoms with Crippen LogP contribution in [0.25, 0.3) is 11.3 Å². The number of nitrogens with two attached hydrogens (primary N) is 1. The molecule has 1 aromatic carbocycles. The van der Waals surface area contributed by atoms with E-state index in [0.29, 0.717) is 26.1 Å². The average molecular weight is 370 g/mol. The largest absolute Gasteiger partial charge is 0.507 e. The lowest BCUT2D eigenvalue weighted by atomic mass is 10.1. The summed E-state index contributed by atoms with van der Waals surface area (Å²) in [7, 11) is 1.52. The maximum Gasteiger partial charge on any atom is 0.249 e. The predicted molar refractivity (Wildman–Crippen MR) is 79.1 cm³/mol. The van der Waals surface area contributed by atoms with Crippen LogP contribution in [0.15, 0.2) is 30.5 Å². The van der Waals surface area contributed by atoms with Crippen LogP contribution in [0.1, 0.15) is 10.4 Å². The Morgan fingerprint density at radius 1 is 1.42 bits per heavy atom. The summed E-state index contributed by atoms with van der Waals surface area (Å²) in [6.07, 6.45) is 1.49. The van der Waals surface area contributed by atoms with Crippen LogP contribution in [0.3, 0.4) is 0 Å². The van der Waals surface area contributed by atoms with Crippen LogP contribution in [0.5, 0.6) is 11.5 Å². The minimum atomic E-state index is -0.527. The number of rotatable bonds is 3. The number of benzene rings is 1. The fourth-order valence-electron chi connectivity index (χ4n) is 1.66. The zero-order valence-corrected chi connectivity index (χ0v) is 12.2. The molecule has 0 bridgehead atoms. The van der Waals surface area contributed by atoms with Crippen molar-refractivity contribution in [3.05, 3.63) is 39.6 Å². The number of carbonyl (C=O) groups is 1. The highest BCUT2D eigenvalue weighted by Gasteiger charge is 2.15. The van der Waals surface area contributed by atoms with Crippen molar-refractivity contribution in [2.45, 2.75) is 0 Å². The number of ether oxygens (including phenoxy) is 1. The second-order valence-corrected chi connectivity index (χ2v) is 4.85. The molecule has 98 valence electrons. The topological polar surface area (TPSA) is 85.4 Å². The van der Waals surface area contributed by atoms with Gasteiger partial charge in [-0.2, -0.15) is 0 Å². The van der Waals surface area contributed by atoms with E-state index in [1.54, 1.807) is 18.2 Å². The number of methoxy groups -OCH3 is 1. The van der Waals surface area contributed by atoms with Crippen molar-refractivity contribution >= 4 is 28.5 Å². The number of aromatic hydroxyl groups is 1. The first-order valence-corrected chi connectivity index (χ1v) is 6.44. The van der Waals surface area contributed by atoms with Gasteiger partial charge >= 0.3 is 0 Å². The first-order valence-electron chi connectivity index (χ1n) is 5.36. The summed E-state index contributed by atoms with van der Waals surface area (Å²) >= 11 is 1.99. The molecule has 5 nitrogen and oxygen atoms in total. The summed E-state index contributed by atoms with van der Waals surface area (Å²) in [5.41, 5.74) is 6.70. The van der Waals surface area contributed by atoms with Gasteiger partial charge in [0.2, 0.25) is 5.91 Å². The van der Waals surface area contributed by atoms with Gasteiger partial charge in [0.05, 0.1) is 21.9 Å². The monoisotopic (exact) mass is 370 g/mol. The van der Waals surface area contributed by atoms with Gasteiger partial charge < -0.3 is 15.6 Å². The molecule has 0 saturated heterocycles. The van der Waals surface area contributed by atoms with E-state index in [4.69, 9.17) is 10.5 Å². The molecule has 1 amide bonds. The summed E-state index contributed by atoms with van der Waals surface area (Å²) in [5, 5.41) is 9.99. The Morgan fingerprint density at radius 2 is 2.16 bits per heavy atom. The summed E-state index contributed by atoms with van der Waals surface area (Å²) in [6.45, 7) is 0. The highest BCUT2D eigenvalue weighted by Crippen LogP contribution is 2.34. The highest BCUT2D eigenvalue weighted by molar-refractivity contribution is 14.1. The number of phenols is 1.